The van der Waals surface area contributed by atoms with Crippen LogP contribution < -0.4 is 9.47 Å². The molecule has 0 radical (unpaired) electrons. The summed E-state index contributed by atoms with van der Waals surface area (Å²) in [6.45, 7) is 4.62. The van der Waals surface area contributed by atoms with E-state index in [1.165, 1.54) is 17.0 Å². The first kappa shape index (κ1) is 23.8. The van der Waals surface area contributed by atoms with Crippen molar-refractivity contribution in [1.29, 1.82) is 0 Å². The highest BCUT2D eigenvalue weighted by molar-refractivity contribution is 9.10. The van der Waals surface area contributed by atoms with E-state index >= 15 is 0 Å². The summed E-state index contributed by atoms with van der Waals surface area (Å²) < 4.78 is 12.2. The van der Waals surface area contributed by atoms with Crippen LogP contribution in [0.4, 0.5) is 10.5 Å². The lowest BCUT2D eigenvalue weighted by molar-refractivity contribution is -0.384. The number of thioether (sulfide) groups is 1. The van der Waals surface area contributed by atoms with Gasteiger partial charge in [0.2, 0.25) is 0 Å². The van der Waals surface area contributed by atoms with Gasteiger partial charge in [0.05, 0.1) is 20.9 Å². The SMILES string of the molecule is CCCN1C(=O)S/C(=C/c2cc(Br)c(OCc3cccc([N+](=O)[O-])c3)c(OCC)c2)C1=O. The average Bonchev–Trinajstić information content (AvgIpc) is 3.01. The van der Waals surface area contributed by atoms with Gasteiger partial charge < -0.3 is 9.47 Å². The van der Waals surface area contributed by atoms with E-state index in [0.717, 1.165) is 11.8 Å². The predicted octanol–water partition coefficient (Wildman–Crippen LogP) is 5.78. The number of benzene rings is 2. The number of carbonyl (C=O) groups excluding carboxylic acids is 2. The van der Waals surface area contributed by atoms with Crippen LogP contribution in [-0.4, -0.2) is 34.1 Å². The number of halogens is 1. The Morgan fingerprint density at radius 3 is 2.66 bits per heavy atom. The van der Waals surface area contributed by atoms with E-state index in [0.29, 0.717) is 51.6 Å². The van der Waals surface area contributed by atoms with E-state index in [1.54, 1.807) is 30.3 Å². The van der Waals surface area contributed by atoms with Gasteiger partial charge in [-0.05, 0) is 70.4 Å². The molecule has 1 aliphatic rings. The number of hydrogen-bond acceptors (Lipinski definition) is 7. The van der Waals surface area contributed by atoms with Crippen LogP contribution in [0.1, 0.15) is 31.4 Å². The van der Waals surface area contributed by atoms with E-state index in [9.17, 15) is 19.7 Å². The summed E-state index contributed by atoms with van der Waals surface area (Å²) in [7, 11) is 0. The topological polar surface area (TPSA) is 99.0 Å². The van der Waals surface area contributed by atoms with Gasteiger partial charge >= 0.3 is 0 Å². The number of nitro groups is 1. The van der Waals surface area contributed by atoms with Gasteiger partial charge in [-0.25, -0.2) is 0 Å². The number of ether oxygens (including phenoxy) is 2. The largest absolute Gasteiger partial charge is 0.490 e. The maximum absolute atomic E-state index is 12.5. The lowest BCUT2D eigenvalue weighted by Crippen LogP contribution is -2.28. The van der Waals surface area contributed by atoms with Crippen molar-refractivity contribution in [2.24, 2.45) is 0 Å². The summed E-state index contributed by atoms with van der Waals surface area (Å²) in [5.74, 6) is 0.586. The summed E-state index contributed by atoms with van der Waals surface area (Å²) >= 11 is 4.39. The van der Waals surface area contributed by atoms with Gasteiger partial charge in [0.15, 0.2) is 11.5 Å². The van der Waals surface area contributed by atoms with Crippen molar-refractivity contribution in [2.45, 2.75) is 26.9 Å². The summed E-state index contributed by atoms with van der Waals surface area (Å²) in [5, 5.41) is 10.7. The number of carbonyl (C=O) groups is 2. The Hall–Kier alpha value is -2.85. The Bertz CT molecular complexity index is 1090. The third-order valence-electron chi connectivity index (χ3n) is 4.45. The van der Waals surface area contributed by atoms with Crippen molar-refractivity contribution >= 4 is 50.6 Å². The maximum atomic E-state index is 12.5. The fourth-order valence-electron chi connectivity index (χ4n) is 3.06. The molecule has 0 N–H and O–H groups in total. The van der Waals surface area contributed by atoms with E-state index in [2.05, 4.69) is 15.9 Å². The fraction of sp³-hybridized carbons (Fsp3) is 0.273. The molecule has 2 aromatic rings. The van der Waals surface area contributed by atoms with Crippen LogP contribution in [0.2, 0.25) is 0 Å². The summed E-state index contributed by atoms with van der Waals surface area (Å²) in [4.78, 5) is 36.7. The Labute approximate surface area is 197 Å². The fourth-order valence-corrected chi connectivity index (χ4v) is 4.50. The van der Waals surface area contributed by atoms with Crippen LogP contribution in [-0.2, 0) is 11.4 Å². The van der Waals surface area contributed by atoms with Crippen LogP contribution in [0.5, 0.6) is 11.5 Å². The second-order valence-corrected chi connectivity index (χ2v) is 8.66. The van der Waals surface area contributed by atoms with E-state index < -0.39 is 4.92 Å². The van der Waals surface area contributed by atoms with E-state index in [-0.39, 0.29) is 23.4 Å². The standard InChI is InChI=1S/C22H21BrN2O6S/c1-3-8-24-21(26)19(32-22(24)27)12-15-10-17(23)20(18(11-15)30-4-2)31-13-14-6-5-7-16(9-14)25(28)29/h5-7,9-12H,3-4,8,13H2,1-2H3/b19-12+. The first-order valence-electron chi connectivity index (χ1n) is 9.91. The van der Waals surface area contributed by atoms with Crippen molar-refractivity contribution in [3.8, 4) is 11.5 Å². The molecule has 0 unspecified atom stereocenters. The average molecular weight is 521 g/mol. The molecule has 0 spiro atoms. The minimum Gasteiger partial charge on any atom is -0.490 e. The molecule has 168 valence electrons. The Morgan fingerprint density at radius 1 is 1.19 bits per heavy atom. The number of nitrogens with zero attached hydrogens (tertiary/aromatic N) is 2. The molecule has 2 amide bonds. The second kappa shape index (κ2) is 10.6. The normalized spacial score (nSPS) is 14.8. The van der Waals surface area contributed by atoms with Gasteiger partial charge in [-0.3, -0.25) is 24.6 Å². The zero-order valence-electron chi connectivity index (χ0n) is 17.5. The zero-order valence-corrected chi connectivity index (χ0v) is 19.9. The molecule has 8 nitrogen and oxygen atoms in total. The van der Waals surface area contributed by atoms with Gasteiger partial charge in [0.25, 0.3) is 16.8 Å². The summed E-state index contributed by atoms with van der Waals surface area (Å²) in [5.41, 5.74) is 1.30. The number of amides is 2. The first-order valence-corrected chi connectivity index (χ1v) is 11.5. The van der Waals surface area contributed by atoms with Crippen LogP contribution in [0.25, 0.3) is 6.08 Å². The van der Waals surface area contributed by atoms with Crippen LogP contribution in [0, 0.1) is 10.1 Å². The molecule has 2 aromatic carbocycles. The number of imide groups is 1. The lowest BCUT2D eigenvalue weighted by atomic mass is 10.1. The summed E-state index contributed by atoms with van der Waals surface area (Å²) in [6.07, 6.45) is 2.35. The number of hydrogen-bond donors (Lipinski definition) is 0. The van der Waals surface area contributed by atoms with Crippen molar-refractivity contribution in [1.82, 2.24) is 4.90 Å². The molecular formula is C22H21BrN2O6S. The second-order valence-electron chi connectivity index (χ2n) is 6.81. The smallest absolute Gasteiger partial charge is 0.293 e. The van der Waals surface area contributed by atoms with Crippen LogP contribution in [0.3, 0.4) is 0 Å². The Balaban J connectivity index is 1.85. The first-order chi connectivity index (χ1) is 15.3. The summed E-state index contributed by atoms with van der Waals surface area (Å²) in [6, 6.07) is 9.70. The van der Waals surface area contributed by atoms with Crippen molar-refractivity contribution in [2.75, 3.05) is 13.2 Å². The molecule has 0 bridgehead atoms. The minimum absolute atomic E-state index is 0.0115. The van der Waals surface area contributed by atoms with Gasteiger partial charge in [-0.2, -0.15) is 0 Å². The molecule has 0 atom stereocenters. The Kier molecular flexibility index (Phi) is 7.92. The van der Waals surface area contributed by atoms with Gasteiger partial charge in [0.1, 0.15) is 6.61 Å². The number of rotatable bonds is 9. The molecular weight excluding hydrogens is 500 g/mol. The van der Waals surface area contributed by atoms with Gasteiger partial charge in [-0.15, -0.1) is 0 Å². The van der Waals surface area contributed by atoms with E-state index in [4.69, 9.17) is 9.47 Å². The molecule has 1 heterocycles. The Morgan fingerprint density at radius 2 is 1.97 bits per heavy atom. The molecule has 0 aliphatic carbocycles. The molecule has 1 fully saturated rings. The lowest BCUT2D eigenvalue weighted by Gasteiger charge is -2.15. The monoisotopic (exact) mass is 520 g/mol. The molecule has 1 saturated heterocycles. The van der Waals surface area contributed by atoms with Crippen LogP contribution >= 0.6 is 27.7 Å². The molecule has 10 heteroatoms. The highest BCUT2D eigenvalue weighted by Crippen LogP contribution is 2.39. The van der Waals surface area contributed by atoms with Gasteiger partial charge in [0, 0.05) is 18.7 Å². The van der Waals surface area contributed by atoms with Crippen molar-refractivity contribution in [3.63, 3.8) is 0 Å². The van der Waals surface area contributed by atoms with Gasteiger partial charge in [-0.1, -0.05) is 19.1 Å². The highest BCUT2D eigenvalue weighted by atomic mass is 79.9. The van der Waals surface area contributed by atoms with Crippen molar-refractivity contribution < 1.29 is 24.0 Å². The molecule has 0 saturated carbocycles. The van der Waals surface area contributed by atoms with E-state index in [1.807, 2.05) is 13.8 Å². The zero-order chi connectivity index (χ0) is 23.3. The minimum atomic E-state index is -0.456. The molecule has 3 rings (SSSR count). The van der Waals surface area contributed by atoms with Crippen LogP contribution in [0.15, 0.2) is 45.8 Å². The quantitative estimate of drug-likeness (QED) is 0.234. The molecule has 1 aliphatic heterocycles. The maximum Gasteiger partial charge on any atom is 0.293 e. The number of non-ortho nitro benzene ring substituents is 1. The number of nitro benzene ring substituents is 1. The molecule has 32 heavy (non-hydrogen) atoms. The molecule has 0 aromatic heterocycles. The highest BCUT2D eigenvalue weighted by Gasteiger charge is 2.34. The third kappa shape index (κ3) is 5.49. The van der Waals surface area contributed by atoms with Crippen molar-refractivity contribution in [3.05, 3.63) is 67.0 Å². The predicted molar refractivity (Wildman–Crippen MR) is 126 cm³/mol. The third-order valence-corrected chi connectivity index (χ3v) is 5.95.